The minimum atomic E-state index is 0.0778. The minimum Gasteiger partial charge on any atom is -0.353 e. The monoisotopic (exact) mass is 319 g/mol. The average Bonchev–Trinajstić information content (AvgIpc) is 3.18. The molecule has 2 heterocycles. The fourth-order valence-corrected chi connectivity index (χ4v) is 3.53. The zero-order valence-electron chi connectivity index (χ0n) is 12.7. The Balaban J connectivity index is 1.49. The summed E-state index contributed by atoms with van der Waals surface area (Å²) in [4.78, 5) is 16.4. The summed E-state index contributed by atoms with van der Waals surface area (Å²) in [7, 11) is 0. The van der Waals surface area contributed by atoms with Gasteiger partial charge in [-0.1, -0.05) is 24.9 Å². The van der Waals surface area contributed by atoms with Crippen LogP contribution in [-0.4, -0.2) is 22.1 Å². The number of carbonyl (C=O) groups is 1. The molecular weight excluding hydrogens is 298 g/mol. The lowest BCUT2D eigenvalue weighted by molar-refractivity contribution is -0.122. The Morgan fingerprint density at radius 1 is 1.45 bits per heavy atom. The van der Waals surface area contributed by atoms with Crippen LogP contribution in [-0.2, 0) is 11.2 Å². The zero-order valence-corrected chi connectivity index (χ0v) is 13.6. The van der Waals surface area contributed by atoms with E-state index in [1.54, 1.807) is 11.3 Å². The minimum absolute atomic E-state index is 0.0778. The van der Waals surface area contributed by atoms with Gasteiger partial charge in [0, 0.05) is 29.8 Å². The van der Waals surface area contributed by atoms with Crippen molar-refractivity contribution in [1.82, 2.24) is 15.5 Å². The Bertz CT molecular complexity index is 609. The van der Waals surface area contributed by atoms with Crippen molar-refractivity contribution in [2.75, 3.05) is 0 Å². The van der Waals surface area contributed by atoms with Gasteiger partial charge in [-0.2, -0.15) is 16.3 Å². The Hall–Kier alpha value is -1.69. The highest BCUT2D eigenvalue weighted by Crippen LogP contribution is 2.24. The molecule has 1 N–H and O–H groups in total. The van der Waals surface area contributed by atoms with Crippen LogP contribution in [0.5, 0.6) is 0 Å². The third-order valence-corrected chi connectivity index (χ3v) is 4.95. The van der Waals surface area contributed by atoms with E-state index in [1.165, 1.54) is 19.3 Å². The Morgan fingerprint density at radius 2 is 2.32 bits per heavy atom. The van der Waals surface area contributed by atoms with E-state index in [0.717, 1.165) is 12.0 Å². The highest BCUT2D eigenvalue weighted by Gasteiger charge is 2.22. The molecule has 1 fully saturated rings. The topological polar surface area (TPSA) is 68.0 Å². The molecule has 2 atom stereocenters. The van der Waals surface area contributed by atoms with Gasteiger partial charge in [0.15, 0.2) is 0 Å². The van der Waals surface area contributed by atoms with Gasteiger partial charge in [0.25, 0.3) is 0 Å². The van der Waals surface area contributed by atoms with Gasteiger partial charge >= 0.3 is 0 Å². The lowest BCUT2D eigenvalue weighted by Gasteiger charge is -2.29. The summed E-state index contributed by atoms with van der Waals surface area (Å²) in [5.74, 6) is 1.77. The van der Waals surface area contributed by atoms with Crippen LogP contribution in [0.4, 0.5) is 0 Å². The number of rotatable bonds is 5. The van der Waals surface area contributed by atoms with E-state index in [-0.39, 0.29) is 5.91 Å². The number of hydrogen-bond acceptors (Lipinski definition) is 5. The maximum absolute atomic E-state index is 12.1. The second-order valence-electron chi connectivity index (χ2n) is 5.96. The molecule has 1 saturated carbocycles. The molecule has 0 aliphatic heterocycles. The molecule has 1 aliphatic carbocycles. The summed E-state index contributed by atoms with van der Waals surface area (Å²) in [5.41, 5.74) is 0.959. The van der Waals surface area contributed by atoms with Gasteiger partial charge in [0.1, 0.15) is 0 Å². The number of hydrogen-bond donors (Lipinski definition) is 1. The van der Waals surface area contributed by atoms with Crippen molar-refractivity contribution in [3.63, 3.8) is 0 Å². The number of carbonyl (C=O) groups excluding carboxylic acids is 1. The first kappa shape index (κ1) is 15.2. The van der Waals surface area contributed by atoms with E-state index in [1.807, 2.05) is 16.8 Å². The Labute approximate surface area is 134 Å². The number of aromatic nitrogens is 2. The number of amides is 1. The molecule has 0 radical (unpaired) electrons. The molecule has 0 spiro atoms. The lowest BCUT2D eigenvalue weighted by atomic mass is 9.86. The molecule has 6 heteroatoms. The predicted molar refractivity (Wildman–Crippen MR) is 85.5 cm³/mol. The van der Waals surface area contributed by atoms with Crippen LogP contribution in [0.1, 0.15) is 44.9 Å². The van der Waals surface area contributed by atoms with E-state index in [9.17, 15) is 4.79 Å². The van der Waals surface area contributed by atoms with Gasteiger partial charge in [-0.05, 0) is 30.2 Å². The van der Waals surface area contributed by atoms with Crippen molar-refractivity contribution < 1.29 is 9.32 Å². The average molecular weight is 319 g/mol. The van der Waals surface area contributed by atoms with Crippen molar-refractivity contribution in [2.24, 2.45) is 5.92 Å². The molecule has 0 saturated heterocycles. The maximum atomic E-state index is 12.1. The lowest BCUT2D eigenvalue weighted by Crippen LogP contribution is -2.41. The molecule has 1 aliphatic rings. The van der Waals surface area contributed by atoms with Crippen molar-refractivity contribution >= 4 is 17.2 Å². The zero-order chi connectivity index (χ0) is 15.4. The number of aryl methyl sites for hydroxylation is 1. The molecule has 2 aromatic rings. The van der Waals surface area contributed by atoms with Crippen LogP contribution < -0.4 is 5.32 Å². The fourth-order valence-electron chi connectivity index (χ4n) is 2.90. The molecule has 0 aromatic carbocycles. The summed E-state index contributed by atoms with van der Waals surface area (Å²) in [5, 5.41) is 11.1. The molecule has 3 rings (SSSR count). The van der Waals surface area contributed by atoms with Crippen LogP contribution in [0.3, 0.4) is 0 Å². The molecule has 118 valence electrons. The smallest absolute Gasteiger partial charge is 0.227 e. The van der Waals surface area contributed by atoms with Gasteiger partial charge in [-0.15, -0.1) is 0 Å². The van der Waals surface area contributed by atoms with E-state index >= 15 is 0 Å². The van der Waals surface area contributed by atoms with E-state index in [4.69, 9.17) is 4.52 Å². The molecule has 22 heavy (non-hydrogen) atoms. The van der Waals surface area contributed by atoms with Crippen LogP contribution in [0.2, 0.25) is 0 Å². The summed E-state index contributed by atoms with van der Waals surface area (Å²) in [6, 6.07) is 2.28. The van der Waals surface area contributed by atoms with Crippen LogP contribution in [0.25, 0.3) is 11.4 Å². The summed E-state index contributed by atoms with van der Waals surface area (Å²) in [6.07, 6.45) is 5.68. The second kappa shape index (κ2) is 7.05. The van der Waals surface area contributed by atoms with Crippen LogP contribution >= 0.6 is 11.3 Å². The standard InChI is InChI=1S/C16H21N3O2S/c1-11-4-2-3-5-13(11)17-14(20)6-7-15-18-16(19-21-15)12-8-9-22-10-12/h8-11,13H,2-7H2,1H3,(H,17,20)/t11-,13-/m0/s1. The third-order valence-electron chi connectivity index (χ3n) is 4.27. The van der Waals surface area contributed by atoms with Crippen molar-refractivity contribution in [3.8, 4) is 11.4 Å². The molecule has 2 aromatic heterocycles. The van der Waals surface area contributed by atoms with Crippen molar-refractivity contribution in [1.29, 1.82) is 0 Å². The normalized spacial score (nSPS) is 21.7. The SMILES string of the molecule is C[C@H]1CCCC[C@@H]1NC(=O)CCc1nc(-c2ccsc2)no1. The van der Waals surface area contributed by atoms with E-state index in [2.05, 4.69) is 22.4 Å². The molecule has 0 unspecified atom stereocenters. The Morgan fingerprint density at radius 3 is 3.09 bits per heavy atom. The molecule has 5 nitrogen and oxygen atoms in total. The van der Waals surface area contributed by atoms with Crippen LogP contribution in [0.15, 0.2) is 21.3 Å². The van der Waals surface area contributed by atoms with Gasteiger partial charge in [0.2, 0.25) is 17.6 Å². The largest absolute Gasteiger partial charge is 0.353 e. The van der Waals surface area contributed by atoms with E-state index in [0.29, 0.717) is 36.5 Å². The van der Waals surface area contributed by atoms with E-state index < -0.39 is 0 Å². The number of thiophene rings is 1. The molecule has 0 bridgehead atoms. The third kappa shape index (κ3) is 3.74. The summed E-state index contributed by atoms with van der Waals surface area (Å²) < 4.78 is 5.21. The number of nitrogens with zero attached hydrogens (tertiary/aromatic N) is 2. The first-order chi connectivity index (χ1) is 10.7. The first-order valence-corrected chi connectivity index (χ1v) is 8.81. The van der Waals surface area contributed by atoms with Gasteiger partial charge in [0.05, 0.1) is 0 Å². The molecule has 1 amide bonds. The first-order valence-electron chi connectivity index (χ1n) is 7.87. The second-order valence-corrected chi connectivity index (χ2v) is 6.74. The predicted octanol–water partition coefficient (Wildman–Crippen LogP) is 3.43. The quantitative estimate of drug-likeness (QED) is 0.917. The fraction of sp³-hybridized carbons (Fsp3) is 0.562. The summed E-state index contributed by atoms with van der Waals surface area (Å²) in [6.45, 7) is 2.22. The Kier molecular flexibility index (Phi) is 4.87. The highest BCUT2D eigenvalue weighted by atomic mass is 32.1. The van der Waals surface area contributed by atoms with Gasteiger partial charge in [-0.25, -0.2) is 0 Å². The molecular formula is C16H21N3O2S. The number of nitrogens with one attached hydrogen (secondary N) is 1. The van der Waals surface area contributed by atoms with Gasteiger partial charge in [-0.3, -0.25) is 4.79 Å². The van der Waals surface area contributed by atoms with Gasteiger partial charge < -0.3 is 9.84 Å². The van der Waals surface area contributed by atoms with Crippen molar-refractivity contribution in [2.45, 2.75) is 51.5 Å². The van der Waals surface area contributed by atoms with Crippen LogP contribution in [0, 0.1) is 5.92 Å². The summed E-state index contributed by atoms with van der Waals surface area (Å²) >= 11 is 1.60. The van der Waals surface area contributed by atoms with Crippen molar-refractivity contribution in [3.05, 3.63) is 22.7 Å². The maximum Gasteiger partial charge on any atom is 0.227 e. The highest BCUT2D eigenvalue weighted by molar-refractivity contribution is 7.08.